The van der Waals surface area contributed by atoms with E-state index < -0.39 is 0 Å². The summed E-state index contributed by atoms with van der Waals surface area (Å²) in [7, 11) is 1.54. The molecule has 1 heterocycles. The Hall–Kier alpha value is -2.50. The highest BCUT2D eigenvalue weighted by atomic mass is 16.3. The van der Waals surface area contributed by atoms with Gasteiger partial charge in [0.05, 0.1) is 22.2 Å². The van der Waals surface area contributed by atoms with Gasteiger partial charge in [-0.15, -0.1) is 4.91 Å². The van der Waals surface area contributed by atoms with E-state index in [1.807, 2.05) is 6.07 Å². The molecule has 1 aromatic heterocycles. The summed E-state index contributed by atoms with van der Waals surface area (Å²) >= 11 is 0. The molecule has 2 aromatic rings. The number of carbonyl (C=O) groups is 1. The average molecular weight is 244 g/mol. The van der Waals surface area contributed by atoms with Crippen molar-refractivity contribution in [1.82, 2.24) is 4.98 Å². The summed E-state index contributed by atoms with van der Waals surface area (Å²) in [5, 5.41) is 7.55. The number of amides is 1. The average Bonchev–Trinajstić information content (AvgIpc) is 2.37. The Kier molecular flexibility index (Phi) is 3.18. The van der Waals surface area contributed by atoms with Crippen LogP contribution >= 0.6 is 0 Å². The molecule has 0 unspecified atom stereocenters. The van der Waals surface area contributed by atoms with E-state index in [0.717, 1.165) is 5.39 Å². The molecular weight excluding hydrogens is 232 g/mol. The SMILES string of the molecule is CC(=O)Nc1cc(N(C)N=O)cc2cccnc12. The summed E-state index contributed by atoms with van der Waals surface area (Å²) in [5.41, 5.74) is 1.83. The first-order valence-corrected chi connectivity index (χ1v) is 5.35. The fourth-order valence-corrected chi connectivity index (χ4v) is 1.70. The van der Waals surface area contributed by atoms with Gasteiger partial charge in [-0.1, -0.05) is 6.07 Å². The van der Waals surface area contributed by atoms with Crippen molar-refractivity contribution in [3.05, 3.63) is 35.4 Å². The van der Waals surface area contributed by atoms with E-state index in [4.69, 9.17) is 0 Å². The third-order valence-corrected chi connectivity index (χ3v) is 2.50. The van der Waals surface area contributed by atoms with Gasteiger partial charge in [-0.25, -0.2) is 5.01 Å². The number of nitrogens with one attached hydrogen (secondary N) is 1. The summed E-state index contributed by atoms with van der Waals surface area (Å²) in [6.45, 7) is 1.42. The normalized spacial score (nSPS) is 10.1. The van der Waals surface area contributed by atoms with E-state index in [0.29, 0.717) is 16.9 Å². The molecule has 0 spiro atoms. The van der Waals surface area contributed by atoms with E-state index in [2.05, 4.69) is 15.6 Å². The lowest BCUT2D eigenvalue weighted by Crippen LogP contribution is -2.10. The van der Waals surface area contributed by atoms with Crippen LogP contribution in [0.5, 0.6) is 0 Å². The number of anilines is 2. The zero-order chi connectivity index (χ0) is 13.1. The summed E-state index contributed by atoms with van der Waals surface area (Å²) in [6.07, 6.45) is 1.65. The van der Waals surface area contributed by atoms with Crippen LogP contribution in [0, 0.1) is 4.91 Å². The molecule has 6 nitrogen and oxygen atoms in total. The Morgan fingerprint density at radius 1 is 1.44 bits per heavy atom. The molecule has 0 bridgehead atoms. The van der Waals surface area contributed by atoms with Gasteiger partial charge < -0.3 is 5.32 Å². The molecule has 6 heteroatoms. The molecule has 92 valence electrons. The molecule has 1 amide bonds. The number of benzene rings is 1. The molecule has 0 aliphatic rings. The van der Waals surface area contributed by atoms with Crippen LogP contribution in [-0.2, 0) is 4.79 Å². The minimum Gasteiger partial charge on any atom is -0.324 e. The Morgan fingerprint density at radius 2 is 2.22 bits per heavy atom. The standard InChI is InChI=1S/C12H12N4O2/c1-8(17)14-11-7-10(16(2)15-18)6-9-4-3-5-13-12(9)11/h3-7H,1-2H3,(H,14,17). The number of fused-ring (bicyclic) bond motifs is 1. The number of rotatable bonds is 3. The van der Waals surface area contributed by atoms with Crippen molar-refractivity contribution in [2.75, 3.05) is 17.4 Å². The first-order chi connectivity index (χ1) is 8.61. The van der Waals surface area contributed by atoms with Crippen LogP contribution in [0.3, 0.4) is 0 Å². The molecular formula is C12H12N4O2. The van der Waals surface area contributed by atoms with Gasteiger partial charge in [-0.3, -0.25) is 9.78 Å². The lowest BCUT2D eigenvalue weighted by atomic mass is 10.1. The van der Waals surface area contributed by atoms with Crippen molar-refractivity contribution in [1.29, 1.82) is 0 Å². The highest BCUT2D eigenvalue weighted by Gasteiger charge is 2.09. The number of carbonyl (C=O) groups excluding carboxylic acids is 1. The largest absolute Gasteiger partial charge is 0.324 e. The first kappa shape index (κ1) is 12.0. The van der Waals surface area contributed by atoms with Gasteiger partial charge in [0.1, 0.15) is 0 Å². The summed E-state index contributed by atoms with van der Waals surface area (Å²) in [6, 6.07) is 7.10. The van der Waals surface area contributed by atoms with Crippen LogP contribution in [-0.4, -0.2) is 17.9 Å². The molecule has 0 fully saturated rings. The van der Waals surface area contributed by atoms with Crippen LogP contribution in [0.1, 0.15) is 6.92 Å². The predicted octanol–water partition coefficient (Wildman–Crippen LogP) is 2.31. The van der Waals surface area contributed by atoms with E-state index in [9.17, 15) is 9.70 Å². The molecule has 18 heavy (non-hydrogen) atoms. The second-order valence-corrected chi connectivity index (χ2v) is 3.85. The zero-order valence-corrected chi connectivity index (χ0v) is 10.0. The molecule has 0 atom stereocenters. The van der Waals surface area contributed by atoms with E-state index in [1.54, 1.807) is 31.4 Å². The molecule has 0 saturated heterocycles. The minimum atomic E-state index is -0.194. The third kappa shape index (κ3) is 2.27. The Balaban J connectivity index is 2.63. The van der Waals surface area contributed by atoms with Crippen molar-refractivity contribution in [2.24, 2.45) is 5.29 Å². The smallest absolute Gasteiger partial charge is 0.221 e. The van der Waals surface area contributed by atoms with Gasteiger partial charge in [0.2, 0.25) is 5.91 Å². The van der Waals surface area contributed by atoms with Gasteiger partial charge in [0.15, 0.2) is 0 Å². The van der Waals surface area contributed by atoms with Crippen molar-refractivity contribution in [2.45, 2.75) is 6.92 Å². The molecule has 0 aliphatic carbocycles. The summed E-state index contributed by atoms with van der Waals surface area (Å²) in [5.74, 6) is -0.194. The van der Waals surface area contributed by atoms with Gasteiger partial charge >= 0.3 is 0 Å². The molecule has 0 saturated carbocycles. The Morgan fingerprint density at radius 3 is 2.89 bits per heavy atom. The molecule has 1 N–H and O–H groups in total. The number of pyridine rings is 1. The quantitative estimate of drug-likeness (QED) is 0.664. The molecule has 0 radical (unpaired) electrons. The van der Waals surface area contributed by atoms with Crippen LogP contribution in [0.25, 0.3) is 10.9 Å². The highest BCUT2D eigenvalue weighted by Crippen LogP contribution is 2.28. The van der Waals surface area contributed by atoms with Crippen molar-refractivity contribution in [3.8, 4) is 0 Å². The van der Waals surface area contributed by atoms with E-state index in [-0.39, 0.29) is 5.91 Å². The van der Waals surface area contributed by atoms with Gasteiger partial charge in [0, 0.05) is 25.6 Å². The molecule has 0 aliphatic heterocycles. The fourth-order valence-electron chi connectivity index (χ4n) is 1.70. The summed E-state index contributed by atoms with van der Waals surface area (Å²) < 4.78 is 0. The van der Waals surface area contributed by atoms with Crippen LogP contribution in [0.15, 0.2) is 35.7 Å². The molecule has 1 aromatic carbocycles. The van der Waals surface area contributed by atoms with Crippen molar-refractivity contribution >= 4 is 28.2 Å². The number of nitroso groups, excluding NO2 is 1. The maximum Gasteiger partial charge on any atom is 0.221 e. The number of nitrogens with zero attached hydrogens (tertiary/aromatic N) is 3. The van der Waals surface area contributed by atoms with Crippen molar-refractivity contribution < 1.29 is 4.79 Å². The summed E-state index contributed by atoms with van der Waals surface area (Å²) in [4.78, 5) is 25.9. The zero-order valence-electron chi connectivity index (χ0n) is 10.0. The maximum atomic E-state index is 11.2. The lowest BCUT2D eigenvalue weighted by molar-refractivity contribution is -0.114. The lowest BCUT2D eigenvalue weighted by Gasteiger charge is -2.13. The Bertz CT molecular complexity index is 612. The van der Waals surface area contributed by atoms with Crippen LogP contribution < -0.4 is 10.3 Å². The second-order valence-electron chi connectivity index (χ2n) is 3.85. The van der Waals surface area contributed by atoms with Gasteiger partial charge in [-0.2, -0.15) is 0 Å². The Labute approximate surface area is 104 Å². The van der Waals surface area contributed by atoms with Gasteiger partial charge in [0.25, 0.3) is 0 Å². The highest BCUT2D eigenvalue weighted by molar-refractivity contribution is 6.01. The third-order valence-electron chi connectivity index (χ3n) is 2.50. The molecule has 2 rings (SSSR count). The minimum absolute atomic E-state index is 0.194. The second kappa shape index (κ2) is 4.79. The van der Waals surface area contributed by atoms with Crippen LogP contribution in [0.4, 0.5) is 11.4 Å². The van der Waals surface area contributed by atoms with Crippen molar-refractivity contribution in [3.63, 3.8) is 0 Å². The topological polar surface area (TPSA) is 74.7 Å². The first-order valence-electron chi connectivity index (χ1n) is 5.35. The van der Waals surface area contributed by atoms with E-state index in [1.165, 1.54) is 11.9 Å². The maximum absolute atomic E-state index is 11.2. The predicted molar refractivity (Wildman–Crippen MR) is 70.2 cm³/mol. The van der Waals surface area contributed by atoms with E-state index >= 15 is 0 Å². The van der Waals surface area contributed by atoms with Gasteiger partial charge in [-0.05, 0) is 18.2 Å². The number of hydrogen-bond donors (Lipinski definition) is 1. The number of aromatic nitrogens is 1. The fraction of sp³-hybridized carbons (Fsp3) is 0.167. The van der Waals surface area contributed by atoms with Crippen LogP contribution in [0.2, 0.25) is 0 Å². The number of hydrogen-bond acceptors (Lipinski definition) is 4. The monoisotopic (exact) mass is 244 g/mol.